The normalized spacial score (nSPS) is 11.5. The molecule has 0 aliphatic heterocycles. The number of anilines is 2. The summed E-state index contributed by atoms with van der Waals surface area (Å²) in [4.78, 5) is 18.6. The largest absolute Gasteiger partial charge is 0.493 e. The number of aryl methyl sites for hydroxylation is 1. The zero-order valence-corrected chi connectivity index (χ0v) is 26.1. The molecule has 12 nitrogen and oxygen atoms in total. The molecule has 232 valence electrons. The molecule has 5 rings (SSSR count). The third kappa shape index (κ3) is 6.87. The van der Waals surface area contributed by atoms with Crippen LogP contribution in [0.5, 0.6) is 17.2 Å². The first-order valence-electron chi connectivity index (χ1n) is 13.6. The van der Waals surface area contributed by atoms with Crippen molar-refractivity contribution in [3.63, 3.8) is 0 Å². The Kier molecular flexibility index (Phi) is 9.27. The molecule has 45 heavy (non-hydrogen) atoms. The van der Waals surface area contributed by atoms with Crippen LogP contribution in [0.3, 0.4) is 0 Å². The number of aromatic nitrogens is 3. The van der Waals surface area contributed by atoms with Crippen LogP contribution in [0.25, 0.3) is 11.4 Å². The van der Waals surface area contributed by atoms with Crippen LogP contribution in [0.1, 0.15) is 12.5 Å². The first-order valence-corrected chi connectivity index (χ1v) is 16.5. The van der Waals surface area contributed by atoms with Gasteiger partial charge < -0.3 is 9.47 Å². The Balaban J connectivity index is 1.81. The number of hydrogen-bond donors (Lipinski definition) is 1. The molecule has 0 saturated heterocycles. The van der Waals surface area contributed by atoms with Gasteiger partial charge in [0, 0.05) is 18.0 Å². The molecule has 0 aliphatic rings. The van der Waals surface area contributed by atoms with Crippen molar-refractivity contribution in [3.05, 3.63) is 109 Å². The molecule has 0 amide bonds. The third-order valence-corrected chi connectivity index (χ3v) is 9.25. The number of nitrogens with one attached hydrogen (secondary N) is 1. The molecule has 0 atom stereocenters. The number of hydrogen-bond acceptors (Lipinski definition) is 10. The molecular formula is C31H29N5O7S2. The maximum Gasteiger partial charge on any atom is 0.288 e. The van der Waals surface area contributed by atoms with Gasteiger partial charge in [0.25, 0.3) is 20.0 Å². The summed E-state index contributed by atoms with van der Waals surface area (Å²) < 4.78 is 70.3. The number of benzene rings is 3. The number of ether oxygens (including phenoxy) is 2. The average molecular weight is 648 g/mol. The highest BCUT2D eigenvalue weighted by molar-refractivity contribution is 7.93. The predicted octanol–water partition coefficient (Wildman–Crippen LogP) is 5.60. The summed E-state index contributed by atoms with van der Waals surface area (Å²) in [7, 11) is -7.29. The van der Waals surface area contributed by atoms with Crippen LogP contribution in [0.4, 0.5) is 11.6 Å². The lowest BCUT2D eigenvalue weighted by molar-refractivity contribution is 0.160. The Hall–Kier alpha value is -5.05. The molecule has 14 heteroatoms. The minimum Gasteiger partial charge on any atom is -0.493 e. The Bertz CT molecular complexity index is 1990. The predicted molar refractivity (Wildman–Crippen MR) is 168 cm³/mol. The summed E-state index contributed by atoms with van der Waals surface area (Å²) in [5.41, 5.74) is 1.27. The fourth-order valence-electron chi connectivity index (χ4n) is 4.12. The summed E-state index contributed by atoms with van der Waals surface area (Å²) in [6, 6.07) is 23.5. The van der Waals surface area contributed by atoms with Crippen molar-refractivity contribution in [2.24, 2.45) is 0 Å². The molecule has 0 unspecified atom stereocenters. The molecule has 0 aliphatic carbocycles. The van der Waals surface area contributed by atoms with E-state index in [4.69, 9.17) is 14.3 Å². The van der Waals surface area contributed by atoms with Gasteiger partial charge in [0.05, 0.1) is 23.5 Å². The zero-order chi connectivity index (χ0) is 32.0. The van der Waals surface area contributed by atoms with E-state index in [2.05, 4.69) is 19.7 Å². The quantitative estimate of drug-likeness (QED) is 0.170. The lowest BCUT2D eigenvalue weighted by Gasteiger charge is -2.25. The molecule has 1 N–H and O–H groups in total. The lowest BCUT2D eigenvalue weighted by atomic mass is 10.2. The fraction of sp³-hybridized carbons (Fsp3) is 0.129. The van der Waals surface area contributed by atoms with E-state index >= 15 is 0 Å². The van der Waals surface area contributed by atoms with Crippen molar-refractivity contribution in [1.29, 1.82) is 0 Å². The monoisotopic (exact) mass is 647 g/mol. The molecule has 3 aromatic carbocycles. The number of pyridine rings is 1. The number of methoxy groups -OCH3 is 1. The molecule has 0 fully saturated rings. The second-order valence-electron chi connectivity index (χ2n) is 9.42. The van der Waals surface area contributed by atoms with Gasteiger partial charge in [-0.15, -0.1) is 4.47 Å². The van der Waals surface area contributed by atoms with Crippen LogP contribution >= 0.6 is 0 Å². The Morgan fingerprint density at radius 3 is 2.07 bits per heavy atom. The van der Waals surface area contributed by atoms with E-state index in [1.807, 2.05) is 6.92 Å². The third-order valence-electron chi connectivity index (χ3n) is 6.31. The SMILES string of the molecule is CCON(c1nc(-c2ccncc2)nc(NS(=O)(=O)c2ccc(C)cc2)c1Oc1ccccc1OC)S(=O)(=O)c1ccccc1. The van der Waals surface area contributed by atoms with Crippen molar-refractivity contribution in [2.45, 2.75) is 23.6 Å². The van der Waals surface area contributed by atoms with Crippen molar-refractivity contribution in [1.82, 2.24) is 15.0 Å². The van der Waals surface area contributed by atoms with E-state index in [0.717, 1.165) is 5.56 Å². The van der Waals surface area contributed by atoms with Crippen LogP contribution < -0.4 is 18.7 Å². The maximum absolute atomic E-state index is 14.1. The molecule has 2 aromatic heterocycles. The minimum absolute atomic E-state index is 0.0330. The molecule has 0 saturated carbocycles. The van der Waals surface area contributed by atoms with Gasteiger partial charge in [0.1, 0.15) is 0 Å². The van der Waals surface area contributed by atoms with E-state index in [-0.39, 0.29) is 45.3 Å². The molecular weight excluding hydrogens is 619 g/mol. The number of sulfonamides is 2. The highest BCUT2D eigenvalue weighted by atomic mass is 32.2. The summed E-state index contributed by atoms with van der Waals surface area (Å²) >= 11 is 0. The number of nitrogens with zero attached hydrogens (tertiary/aromatic N) is 4. The molecule has 0 bridgehead atoms. The van der Waals surface area contributed by atoms with E-state index in [1.165, 1.54) is 43.8 Å². The summed E-state index contributed by atoms with van der Waals surface area (Å²) in [5, 5.41) is 0. The van der Waals surface area contributed by atoms with Crippen molar-refractivity contribution < 1.29 is 31.1 Å². The molecule has 0 spiro atoms. The zero-order valence-electron chi connectivity index (χ0n) is 24.5. The lowest BCUT2D eigenvalue weighted by Crippen LogP contribution is -2.33. The van der Waals surface area contributed by atoms with Gasteiger partial charge in [-0.3, -0.25) is 14.5 Å². The number of rotatable bonds is 12. The van der Waals surface area contributed by atoms with E-state index in [0.29, 0.717) is 10.0 Å². The fourth-order valence-corrected chi connectivity index (χ4v) is 6.42. The molecule has 0 radical (unpaired) electrons. The summed E-state index contributed by atoms with van der Waals surface area (Å²) in [6.45, 7) is 3.33. The van der Waals surface area contributed by atoms with Gasteiger partial charge in [0.15, 0.2) is 23.1 Å². The van der Waals surface area contributed by atoms with Gasteiger partial charge in [-0.05, 0) is 62.4 Å². The Morgan fingerprint density at radius 1 is 0.778 bits per heavy atom. The second kappa shape index (κ2) is 13.3. The highest BCUT2D eigenvalue weighted by Gasteiger charge is 2.34. The van der Waals surface area contributed by atoms with Gasteiger partial charge in [-0.25, -0.2) is 18.4 Å². The van der Waals surface area contributed by atoms with E-state index in [9.17, 15) is 16.8 Å². The van der Waals surface area contributed by atoms with Crippen molar-refractivity contribution in [2.75, 3.05) is 22.9 Å². The summed E-state index contributed by atoms with van der Waals surface area (Å²) in [5.74, 6) is -0.731. The van der Waals surface area contributed by atoms with Gasteiger partial charge in [0.2, 0.25) is 11.6 Å². The topological polar surface area (TPSA) is 150 Å². The van der Waals surface area contributed by atoms with Crippen LogP contribution in [-0.4, -0.2) is 45.5 Å². The second-order valence-corrected chi connectivity index (χ2v) is 12.9. The van der Waals surface area contributed by atoms with Gasteiger partial charge in [-0.2, -0.15) is 8.42 Å². The standard InChI is InChI=1S/C31H29N5O7S2/c1-4-42-36(45(39,40)25-10-6-5-7-11-25)31-28(43-27-13-9-8-12-26(27)41-3)30(33-29(34-31)23-18-20-32-21-19-23)35-44(37,38)24-16-14-22(2)15-17-24/h5-21H,4H2,1-3H3,(H,33,34,35). The maximum atomic E-state index is 14.1. The van der Waals surface area contributed by atoms with Gasteiger partial charge >= 0.3 is 0 Å². The Labute approximate surface area is 261 Å². The van der Waals surface area contributed by atoms with Crippen LogP contribution in [-0.2, 0) is 24.9 Å². The van der Waals surface area contributed by atoms with Crippen molar-refractivity contribution in [3.8, 4) is 28.6 Å². The first kappa shape index (κ1) is 31.4. The smallest absolute Gasteiger partial charge is 0.288 e. The number of para-hydroxylation sites is 2. The Morgan fingerprint density at radius 2 is 1.42 bits per heavy atom. The van der Waals surface area contributed by atoms with Crippen LogP contribution in [0.15, 0.2) is 113 Å². The average Bonchev–Trinajstić information content (AvgIpc) is 3.05. The first-order chi connectivity index (χ1) is 21.6. The van der Waals surface area contributed by atoms with Crippen LogP contribution in [0.2, 0.25) is 0 Å². The molecule has 2 heterocycles. The van der Waals surface area contributed by atoms with Crippen LogP contribution in [0, 0.1) is 6.92 Å². The van der Waals surface area contributed by atoms with Gasteiger partial charge in [-0.1, -0.05) is 48.0 Å². The summed E-state index contributed by atoms with van der Waals surface area (Å²) in [6.07, 6.45) is 2.99. The van der Waals surface area contributed by atoms with E-state index < -0.39 is 25.9 Å². The highest BCUT2D eigenvalue weighted by Crippen LogP contribution is 2.43. The van der Waals surface area contributed by atoms with Crippen molar-refractivity contribution >= 4 is 31.7 Å². The minimum atomic E-state index is -4.44. The molecule has 5 aromatic rings. The van der Waals surface area contributed by atoms with E-state index in [1.54, 1.807) is 73.7 Å².